The van der Waals surface area contributed by atoms with Gasteiger partial charge in [-0.3, -0.25) is 9.69 Å². The molecule has 1 fully saturated rings. The summed E-state index contributed by atoms with van der Waals surface area (Å²) in [5, 5.41) is 9.15. The van der Waals surface area contributed by atoms with Crippen LogP contribution in [0.5, 0.6) is 0 Å². The molecule has 1 aliphatic heterocycles. The smallest absolute Gasteiger partial charge is 0.322 e. The standard InChI is InChI=1S/C12H18N4O2/c1-3-9-6-13-12(14-7-9)16-5-4-15(2)10(8-16)11(17)18/h6-7,10H,3-5,8H2,1-2H3,(H,17,18)/t10-/m1/s1. The lowest BCUT2D eigenvalue weighted by atomic mass is 10.2. The van der Waals surface area contributed by atoms with Gasteiger partial charge >= 0.3 is 5.97 Å². The SMILES string of the molecule is CCc1cnc(N2CCN(C)[C@@H](C(=O)O)C2)nc1. The number of aryl methyl sites for hydroxylation is 1. The third kappa shape index (κ3) is 2.59. The summed E-state index contributed by atoms with van der Waals surface area (Å²) in [4.78, 5) is 23.5. The number of hydrogen-bond acceptors (Lipinski definition) is 5. The normalized spacial score (nSPS) is 21.0. The minimum atomic E-state index is -0.799. The summed E-state index contributed by atoms with van der Waals surface area (Å²) in [5.74, 6) is -0.182. The van der Waals surface area contributed by atoms with E-state index >= 15 is 0 Å². The Hall–Kier alpha value is -1.69. The summed E-state index contributed by atoms with van der Waals surface area (Å²) < 4.78 is 0. The molecule has 6 nitrogen and oxygen atoms in total. The third-order valence-electron chi connectivity index (χ3n) is 3.32. The lowest BCUT2D eigenvalue weighted by Crippen LogP contribution is -2.55. The van der Waals surface area contributed by atoms with Gasteiger partial charge in [-0.05, 0) is 19.0 Å². The number of carboxylic acids is 1. The zero-order valence-electron chi connectivity index (χ0n) is 10.7. The van der Waals surface area contributed by atoms with Crippen molar-refractivity contribution in [1.29, 1.82) is 0 Å². The fourth-order valence-electron chi connectivity index (χ4n) is 2.02. The van der Waals surface area contributed by atoms with E-state index in [4.69, 9.17) is 5.11 Å². The second-order valence-electron chi connectivity index (χ2n) is 4.53. The van der Waals surface area contributed by atoms with E-state index in [0.29, 0.717) is 19.0 Å². The molecule has 0 aromatic carbocycles. The Morgan fingerprint density at radius 2 is 2.11 bits per heavy atom. The van der Waals surface area contributed by atoms with Gasteiger partial charge in [0.2, 0.25) is 5.95 Å². The molecule has 0 amide bonds. The van der Waals surface area contributed by atoms with Crippen molar-refractivity contribution in [3.05, 3.63) is 18.0 Å². The lowest BCUT2D eigenvalue weighted by Gasteiger charge is -2.37. The van der Waals surface area contributed by atoms with E-state index in [1.54, 1.807) is 12.4 Å². The molecule has 0 radical (unpaired) electrons. The van der Waals surface area contributed by atoms with E-state index in [1.807, 2.05) is 16.8 Å². The number of hydrogen-bond donors (Lipinski definition) is 1. The van der Waals surface area contributed by atoms with Crippen LogP contribution >= 0.6 is 0 Å². The molecule has 1 aromatic heterocycles. The number of nitrogens with zero attached hydrogens (tertiary/aromatic N) is 4. The van der Waals surface area contributed by atoms with Crippen molar-refractivity contribution in [3.8, 4) is 0 Å². The molecular formula is C12H18N4O2. The van der Waals surface area contributed by atoms with Crippen LogP contribution in [0.4, 0.5) is 5.95 Å². The van der Waals surface area contributed by atoms with Gasteiger partial charge in [-0.15, -0.1) is 0 Å². The van der Waals surface area contributed by atoms with Crippen molar-refractivity contribution in [3.63, 3.8) is 0 Å². The van der Waals surface area contributed by atoms with E-state index in [-0.39, 0.29) is 0 Å². The molecule has 0 unspecified atom stereocenters. The van der Waals surface area contributed by atoms with Crippen LogP contribution in [-0.4, -0.2) is 58.7 Å². The van der Waals surface area contributed by atoms with Gasteiger partial charge in [0.05, 0.1) is 0 Å². The summed E-state index contributed by atoms with van der Waals surface area (Å²) in [5.41, 5.74) is 1.09. The monoisotopic (exact) mass is 250 g/mol. The second-order valence-corrected chi connectivity index (χ2v) is 4.53. The summed E-state index contributed by atoms with van der Waals surface area (Å²) in [6.07, 6.45) is 4.51. The zero-order chi connectivity index (χ0) is 13.1. The fraction of sp³-hybridized carbons (Fsp3) is 0.583. The van der Waals surface area contributed by atoms with Gasteiger partial charge in [0.1, 0.15) is 6.04 Å². The third-order valence-corrected chi connectivity index (χ3v) is 3.32. The van der Waals surface area contributed by atoms with Gasteiger partial charge in [0.25, 0.3) is 0 Å². The highest BCUT2D eigenvalue weighted by Gasteiger charge is 2.30. The van der Waals surface area contributed by atoms with Crippen LogP contribution in [-0.2, 0) is 11.2 Å². The second kappa shape index (κ2) is 5.30. The van der Waals surface area contributed by atoms with Crippen molar-refractivity contribution in [2.24, 2.45) is 0 Å². The van der Waals surface area contributed by atoms with E-state index in [0.717, 1.165) is 18.5 Å². The molecule has 0 saturated carbocycles. The number of anilines is 1. The zero-order valence-corrected chi connectivity index (χ0v) is 10.7. The lowest BCUT2D eigenvalue weighted by molar-refractivity contribution is -0.142. The number of piperazine rings is 1. The Morgan fingerprint density at radius 3 is 2.67 bits per heavy atom. The molecule has 0 aliphatic carbocycles. The van der Waals surface area contributed by atoms with Crippen LogP contribution in [0.15, 0.2) is 12.4 Å². The van der Waals surface area contributed by atoms with Crippen LogP contribution in [0.2, 0.25) is 0 Å². The highest BCUT2D eigenvalue weighted by atomic mass is 16.4. The molecule has 2 heterocycles. The predicted octanol–water partition coefficient (Wildman–Crippen LogP) is 0.244. The van der Waals surface area contributed by atoms with Crippen LogP contribution in [0.25, 0.3) is 0 Å². The maximum Gasteiger partial charge on any atom is 0.322 e. The molecular weight excluding hydrogens is 232 g/mol. The molecule has 1 atom stereocenters. The summed E-state index contributed by atoms with van der Waals surface area (Å²) in [7, 11) is 1.83. The van der Waals surface area contributed by atoms with Crippen molar-refractivity contribution in [2.75, 3.05) is 31.6 Å². The maximum atomic E-state index is 11.1. The number of likely N-dealkylation sites (N-methyl/N-ethyl adjacent to an activating group) is 1. The highest BCUT2D eigenvalue weighted by molar-refractivity contribution is 5.74. The fourth-order valence-corrected chi connectivity index (χ4v) is 2.02. The number of carboxylic acid groups (broad SMARTS) is 1. The first-order valence-corrected chi connectivity index (χ1v) is 6.10. The summed E-state index contributed by atoms with van der Waals surface area (Å²) >= 11 is 0. The Morgan fingerprint density at radius 1 is 1.44 bits per heavy atom. The number of carbonyl (C=O) groups is 1. The van der Waals surface area contributed by atoms with Crippen molar-refractivity contribution in [2.45, 2.75) is 19.4 Å². The van der Waals surface area contributed by atoms with Gasteiger partial charge in [0, 0.05) is 32.0 Å². The van der Waals surface area contributed by atoms with E-state index in [2.05, 4.69) is 16.9 Å². The average Bonchev–Trinajstić information content (AvgIpc) is 2.39. The Labute approximate surface area is 106 Å². The highest BCUT2D eigenvalue weighted by Crippen LogP contribution is 2.14. The van der Waals surface area contributed by atoms with Crippen LogP contribution in [0.1, 0.15) is 12.5 Å². The van der Waals surface area contributed by atoms with Gasteiger partial charge in [0.15, 0.2) is 0 Å². The number of rotatable bonds is 3. The van der Waals surface area contributed by atoms with Crippen molar-refractivity contribution >= 4 is 11.9 Å². The van der Waals surface area contributed by atoms with Gasteiger partial charge < -0.3 is 10.0 Å². The van der Waals surface area contributed by atoms with E-state index < -0.39 is 12.0 Å². The topological polar surface area (TPSA) is 69.6 Å². The number of aromatic nitrogens is 2. The molecule has 1 aromatic rings. The first-order chi connectivity index (χ1) is 8.61. The first-order valence-electron chi connectivity index (χ1n) is 6.10. The van der Waals surface area contributed by atoms with Crippen molar-refractivity contribution < 1.29 is 9.90 Å². The quantitative estimate of drug-likeness (QED) is 0.829. The summed E-state index contributed by atoms with van der Waals surface area (Å²) in [6.45, 7) is 3.94. The van der Waals surface area contributed by atoms with Crippen LogP contribution in [0, 0.1) is 0 Å². The minimum Gasteiger partial charge on any atom is -0.480 e. The molecule has 1 aliphatic rings. The molecule has 1 saturated heterocycles. The van der Waals surface area contributed by atoms with E-state index in [1.165, 1.54) is 0 Å². The van der Waals surface area contributed by atoms with Crippen molar-refractivity contribution in [1.82, 2.24) is 14.9 Å². The van der Waals surface area contributed by atoms with Gasteiger partial charge in [-0.2, -0.15) is 0 Å². The first kappa shape index (κ1) is 12.8. The average molecular weight is 250 g/mol. The van der Waals surface area contributed by atoms with E-state index in [9.17, 15) is 4.79 Å². The van der Waals surface area contributed by atoms with Gasteiger partial charge in [-0.1, -0.05) is 6.92 Å². The molecule has 6 heteroatoms. The molecule has 1 N–H and O–H groups in total. The Kier molecular flexibility index (Phi) is 3.76. The predicted molar refractivity (Wildman–Crippen MR) is 67.7 cm³/mol. The largest absolute Gasteiger partial charge is 0.480 e. The van der Waals surface area contributed by atoms with Crippen LogP contribution < -0.4 is 4.90 Å². The molecule has 18 heavy (non-hydrogen) atoms. The Bertz CT molecular complexity index is 421. The number of aliphatic carboxylic acids is 1. The molecule has 2 rings (SSSR count). The maximum absolute atomic E-state index is 11.1. The molecule has 0 spiro atoms. The molecule has 98 valence electrons. The summed E-state index contributed by atoms with van der Waals surface area (Å²) in [6, 6.07) is -0.492. The molecule has 0 bridgehead atoms. The van der Waals surface area contributed by atoms with Gasteiger partial charge in [-0.25, -0.2) is 9.97 Å². The van der Waals surface area contributed by atoms with Crippen LogP contribution in [0.3, 0.4) is 0 Å². The Balaban J connectivity index is 2.11. The minimum absolute atomic E-state index is 0.428.